The van der Waals surface area contributed by atoms with Crippen LogP contribution >= 0.6 is 0 Å². The maximum atomic E-state index is 12.6. The molecule has 3 N–H and O–H groups in total. The second-order valence-corrected chi connectivity index (χ2v) is 14.3. The van der Waals surface area contributed by atoms with Crippen LogP contribution in [0.15, 0.2) is 0 Å². The van der Waals surface area contributed by atoms with Crippen molar-refractivity contribution in [3.05, 3.63) is 0 Å². The summed E-state index contributed by atoms with van der Waals surface area (Å²) in [7, 11) is 0. The topological polar surface area (TPSA) is 93.1 Å². The normalized spacial score (nSPS) is 16.9. The summed E-state index contributed by atoms with van der Waals surface area (Å²) in [5, 5.41) is 24.2. The van der Waals surface area contributed by atoms with Crippen molar-refractivity contribution in [2.75, 3.05) is 52.4 Å². The van der Waals surface area contributed by atoms with E-state index in [0.717, 1.165) is 168 Å². The van der Waals surface area contributed by atoms with Crippen LogP contribution in [0.25, 0.3) is 0 Å². The highest BCUT2D eigenvalue weighted by molar-refractivity contribution is 5.75. The zero-order chi connectivity index (χ0) is 33.2. The molecule has 0 amide bonds. The van der Waals surface area contributed by atoms with Gasteiger partial charge < -0.3 is 20.4 Å². The van der Waals surface area contributed by atoms with E-state index >= 15 is 0 Å². The molecule has 7 nitrogen and oxygen atoms in total. The van der Waals surface area contributed by atoms with E-state index in [4.69, 9.17) is 0 Å². The van der Waals surface area contributed by atoms with Crippen LogP contribution in [0.3, 0.4) is 0 Å². The first-order valence-electron chi connectivity index (χ1n) is 19.4. The first-order chi connectivity index (χ1) is 21.8. The van der Waals surface area contributed by atoms with Gasteiger partial charge in [0, 0.05) is 39.3 Å². The molecule has 1 aliphatic heterocycles. The van der Waals surface area contributed by atoms with Gasteiger partial charge >= 0.3 is 11.9 Å². The van der Waals surface area contributed by atoms with Crippen LogP contribution in [0.1, 0.15) is 169 Å². The van der Waals surface area contributed by atoms with Crippen LogP contribution in [0, 0.1) is 10.8 Å². The number of carboxylic acid groups (broad SMARTS) is 2. The van der Waals surface area contributed by atoms with Gasteiger partial charge in [0.05, 0.1) is 10.8 Å². The molecule has 2 atom stereocenters. The fourth-order valence-electron chi connectivity index (χ4n) is 7.35. The van der Waals surface area contributed by atoms with Crippen molar-refractivity contribution in [2.45, 2.75) is 169 Å². The lowest BCUT2D eigenvalue weighted by Gasteiger charge is -2.32. The highest BCUT2D eigenvalue weighted by atomic mass is 16.4. The molecule has 0 radical (unpaired) electrons. The number of rotatable bonds is 31. The lowest BCUT2D eigenvalue weighted by Crippen LogP contribution is -2.46. The lowest BCUT2D eigenvalue weighted by atomic mass is 9.74. The third-order valence-corrected chi connectivity index (χ3v) is 10.6. The standard InChI is InChI=1S/C38H75N3O4/c1-5-9-13-15-23-37(35(42)43,21-11-7-3)25-17-19-29-40(33-34-41-31-27-39-28-32-41)30-20-18-26-38(36(44)45,22-12-8-4)24-16-14-10-6-2/h39H,5-34H2,1-4H3,(H,42,43)(H,44,45). The SMILES string of the molecule is CCCCCCC(CCCC)(CCCCN(CCCCC(CCCC)(CCCCCC)C(=O)O)CCN1CCNCC1)C(=O)O. The second kappa shape index (κ2) is 25.9. The Morgan fingerprint density at radius 2 is 0.933 bits per heavy atom. The van der Waals surface area contributed by atoms with Gasteiger partial charge in [0.2, 0.25) is 0 Å². The molecule has 0 bridgehead atoms. The van der Waals surface area contributed by atoms with Gasteiger partial charge in [0.15, 0.2) is 0 Å². The van der Waals surface area contributed by atoms with Crippen LogP contribution in [-0.4, -0.2) is 84.3 Å². The van der Waals surface area contributed by atoms with Crippen LogP contribution < -0.4 is 5.32 Å². The van der Waals surface area contributed by atoms with E-state index in [9.17, 15) is 19.8 Å². The number of aliphatic carboxylic acids is 2. The average molecular weight is 638 g/mol. The second-order valence-electron chi connectivity index (χ2n) is 14.3. The molecule has 0 aromatic heterocycles. The van der Waals surface area contributed by atoms with Crippen molar-refractivity contribution in [1.29, 1.82) is 0 Å². The molecular weight excluding hydrogens is 562 g/mol. The van der Waals surface area contributed by atoms with Crippen molar-refractivity contribution in [3.8, 4) is 0 Å². The van der Waals surface area contributed by atoms with Gasteiger partial charge in [-0.2, -0.15) is 0 Å². The predicted octanol–water partition coefficient (Wildman–Crippen LogP) is 9.00. The van der Waals surface area contributed by atoms with Crippen LogP contribution in [-0.2, 0) is 9.59 Å². The van der Waals surface area contributed by atoms with E-state index in [2.05, 4.69) is 42.8 Å². The molecule has 1 rings (SSSR count). The van der Waals surface area contributed by atoms with E-state index in [-0.39, 0.29) is 0 Å². The minimum Gasteiger partial charge on any atom is -0.481 e. The molecule has 0 aromatic carbocycles. The lowest BCUT2D eigenvalue weighted by molar-refractivity contribution is -0.151. The summed E-state index contributed by atoms with van der Waals surface area (Å²) in [5.74, 6) is -1.16. The molecular formula is C38H75N3O4. The molecule has 2 unspecified atom stereocenters. The van der Waals surface area contributed by atoms with E-state index in [1.807, 2.05) is 0 Å². The Hall–Kier alpha value is -1.18. The minimum absolute atomic E-state index is 0.564. The number of piperazine rings is 1. The van der Waals surface area contributed by atoms with E-state index in [1.54, 1.807) is 0 Å². The average Bonchev–Trinajstić information content (AvgIpc) is 3.04. The first kappa shape index (κ1) is 41.8. The molecule has 266 valence electrons. The monoisotopic (exact) mass is 638 g/mol. The minimum atomic E-state index is -0.581. The summed E-state index contributed by atoms with van der Waals surface area (Å²) < 4.78 is 0. The van der Waals surface area contributed by atoms with E-state index in [1.165, 1.54) is 25.7 Å². The van der Waals surface area contributed by atoms with E-state index < -0.39 is 22.8 Å². The molecule has 45 heavy (non-hydrogen) atoms. The fourth-order valence-corrected chi connectivity index (χ4v) is 7.35. The van der Waals surface area contributed by atoms with Gasteiger partial charge in [0.25, 0.3) is 0 Å². The van der Waals surface area contributed by atoms with Crippen molar-refractivity contribution < 1.29 is 19.8 Å². The summed E-state index contributed by atoms with van der Waals surface area (Å²) in [5.41, 5.74) is -1.13. The van der Waals surface area contributed by atoms with Crippen LogP contribution in [0.2, 0.25) is 0 Å². The molecule has 1 fully saturated rings. The summed E-state index contributed by atoms with van der Waals surface area (Å²) in [6.45, 7) is 17.2. The number of carbonyl (C=O) groups is 2. The maximum Gasteiger partial charge on any atom is 0.309 e. The Kier molecular flexibility index (Phi) is 24.0. The largest absolute Gasteiger partial charge is 0.481 e. The molecule has 7 heteroatoms. The molecule has 0 spiro atoms. The molecule has 0 aliphatic carbocycles. The molecule has 0 aromatic rings. The Morgan fingerprint density at radius 1 is 0.556 bits per heavy atom. The first-order valence-corrected chi connectivity index (χ1v) is 19.4. The number of nitrogens with zero attached hydrogens (tertiary/aromatic N) is 2. The summed E-state index contributed by atoms with van der Waals surface area (Å²) in [6, 6.07) is 0. The summed E-state index contributed by atoms with van der Waals surface area (Å²) in [6.07, 6.45) is 21.9. The Balaban J connectivity index is 2.79. The highest BCUT2D eigenvalue weighted by Crippen LogP contribution is 2.38. The van der Waals surface area contributed by atoms with Crippen molar-refractivity contribution in [2.24, 2.45) is 10.8 Å². The Labute approximate surface area is 278 Å². The van der Waals surface area contributed by atoms with Gasteiger partial charge in [-0.15, -0.1) is 0 Å². The van der Waals surface area contributed by atoms with Crippen molar-refractivity contribution in [3.63, 3.8) is 0 Å². The third-order valence-electron chi connectivity index (χ3n) is 10.6. The van der Waals surface area contributed by atoms with Gasteiger partial charge in [-0.25, -0.2) is 0 Å². The predicted molar refractivity (Wildman–Crippen MR) is 190 cm³/mol. The number of unbranched alkanes of at least 4 members (excludes halogenated alkanes) is 10. The van der Waals surface area contributed by atoms with Crippen LogP contribution in [0.4, 0.5) is 0 Å². The molecule has 1 saturated heterocycles. The zero-order valence-corrected chi connectivity index (χ0v) is 30.3. The van der Waals surface area contributed by atoms with E-state index in [0.29, 0.717) is 0 Å². The van der Waals surface area contributed by atoms with Crippen molar-refractivity contribution in [1.82, 2.24) is 15.1 Å². The van der Waals surface area contributed by atoms with Crippen molar-refractivity contribution >= 4 is 11.9 Å². The Bertz CT molecular complexity index is 695. The number of hydrogen-bond acceptors (Lipinski definition) is 5. The zero-order valence-electron chi connectivity index (χ0n) is 30.3. The number of carboxylic acids is 2. The summed E-state index contributed by atoms with van der Waals surface area (Å²) >= 11 is 0. The fraction of sp³-hybridized carbons (Fsp3) is 0.947. The van der Waals surface area contributed by atoms with Crippen LogP contribution in [0.5, 0.6) is 0 Å². The highest BCUT2D eigenvalue weighted by Gasteiger charge is 2.37. The quantitative estimate of drug-likeness (QED) is 0.0653. The molecule has 1 heterocycles. The summed E-state index contributed by atoms with van der Waals surface area (Å²) in [4.78, 5) is 30.3. The van der Waals surface area contributed by atoms with Gasteiger partial charge in [-0.1, -0.05) is 118 Å². The molecule has 1 aliphatic rings. The Morgan fingerprint density at radius 3 is 1.31 bits per heavy atom. The third kappa shape index (κ3) is 17.5. The smallest absolute Gasteiger partial charge is 0.309 e. The number of nitrogens with one attached hydrogen (secondary N) is 1. The molecule has 0 saturated carbocycles. The maximum absolute atomic E-state index is 12.6. The number of hydrogen-bond donors (Lipinski definition) is 3. The van der Waals surface area contributed by atoms with Gasteiger partial charge in [-0.3, -0.25) is 14.5 Å². The van der Waals surface area contributed by atoms with Gasteiger partial charge in [-0.05, 0) is 64.5 Å². The van der Waals surface area contributed by atoms with Gasteiger partial charge in [0.1, 0.15) is 0 Å².